The van der Waals surface area contributed by atoms with E-state index in [2.05, 4.69) is 15.9 Å². The van der Waals surface area contributed by atoms with Crippen molar-refractivity contribution in [3.63, 3.8) is 0 Å². The van der Waals surface area contributed by atoms with Crippen LogP contribution in [-0.2, 0) is 4.79 Å². The molecular formula is C9H9BrN2O5. The number of carboxylic acid groups (broad SMARTS) is 1. The fraction of sp³-hybridized carbons (Fsp3) is 0.222. The van der Waals surface area contributed by atoms with Gasteiger partial charge in [-0.15, -0.1) is 0 Å². The summed E-state index contributed by atoms with van der Waals surface area (Å²) in [6.07, 6.45) is 0. The van der Waals surface area contributed by atoms with Gasteiger partial charge in [0.25, 0.3) is 5.69 Å². The molecule has 0 aromatic heterocycles. The Morgan fingerprint density at radius 1 is 1.65 bits per heavy atom. The first kappa shape index (κ1) is 13.4. The molecule has 1 atom stereocenters. The maximum absolute atomic E-state index is 10.7. The molecule has 0 radical (unpaired) electrons. The molecule has 1 aromatic rings. The van der Waals surface area contributed by atoms with Crippen LogP contribution in [0.25, 0.3) is 0 Å². The second kappa shape index (κ2) is 4.68. The number of hydrogen-bond acceptors (Lipinski definition) is 5. The van der Waals surface area contributed by atoms with E-state index in [0.29, 0.717) is 0 Å². The fourth-order valence-electron chi connectivity index (χ4n) is 1.30. The maximum Gasteiger partial charge on any atom is 0.325 e. The van der Waals surface area contributed by atoms with Crippen molar-refractivity contribution in [3.05, 3.63) is 31.8 Å². The summed E-state index contributed by atoms with van der Waals surface area (Å²) >= 11 is 2.96. The molecule has 0 unspecified atom stereocenters. The number of benzene rings is 1. The second-order valence-corrected chi connectivity index (χ2v) is 4.14. The Balaban J connectivity index is 3.52. The first-order chi connectivity index (χ1) is 7.77. The van der Waals surface area contributed by atoms with Gasteiger partial charge in [-0.05, 0) is 22.9 Å². The van der Waals surface area contributed by atoms with E-state index in [-0.39, 0.29) is 21.3 Å². The lowest BCUT2D eigenvalue weighted by Gasteiger charge is -2.12. The van der Waals surface area contributed by atoms with Crippen LogP contribution in [0, 0.1) is 17.0 Å². The summed E-state index contributed by atoms with van der Waals surface area (Å²) in [5, 5.41) is 29.2. The first-order valence-electron chi connectivity index (χ1n) is 4.42. The first-order valence-corrected chi connectivity index (χ1v) is 5.21. The van der Waals surface area contributed by atoms with E-state index in [0.717, 1.165) is 6.07 Å². The summed E-state index contributed by atoms with van der Waals surface area (Å²) in [4.78, 5) is 20.8. The highest BCUT2D eigenvalue weighted by atomic mass is 79.9. The van der Waals surface area contributed by atoms with E-state index in [1.165, 1.54) is 6.92 Å². The van der Waals surface area contributed by atoms with Crippen molar-refractivity contribution in [2.75, 3.05) is 0 Å². The van der Waals surface area contributed by atoms with E-state index in [1.54, 1.807) is 0 Å². The summed E-state index contributed by atoms with van der Waals surface area (Å²) in [5.74, 6) is -1.78. The lowest BCUT2D eigenvalue weighted by Crippen LogP contribution is -2.21. The monoisotopic (exact) mass is 304 g/mol. The van der Waals surface area contributed by atoms with Gasteiger partial charge in [-0.25, -0.2) is 0 Å². The summed E-state index contributed by atoms with van der Waals surface area (Å²) in [6, 6.07) is -0.556. The van der Waals surface area contributed by atoms with Crippen molar-refractivity contribution in [2.45, 2.75) is 13.0 Å². The zero-order valence-electron chi connectivity index (χ0n) is 8.68. The van der Waals surface area contributed by atoms with Crippen LogP contribution in [-0.4, -0.2) is 21.1 Å². The largest absolute Gasteiger partial charge is 0.506 e. The summed E-state index contributed by atoms with van der Waals surface area (Å²) in [6.45, 7) is 1.43. The molecule has 17 heavy (non-hydrogen) atoms. The van der Waals surface area contributed by atoms with Gasteiger partial charge in [0.05, 0.1) is 9.40 Å². The number of nitrogens with zero attached hydrogens (tertiary/aromatic N) is 1. The number of halogens is 1. The summed E-state index contributed by atoms with van der Waals surface area (Å²) < 4.78 is 0.0680. The topological polar surface area (TPSA) is 127 Å². The number of aromatic hydroxyl groups is 1. The van der Waals surface area contributed by atoms with Crippen molar-refractivity contribution in [3.8, 4) is 5.75 Å². The van der Waals surface area contributed by atoms with Gasteiger partial charge in [-0.3, -0.25) is 14.9 Å². The third kappa shape index (κ3) is 2.37. The molecular weight excluding hydrogens is 296 g/mol. The predicted molar refractivity (Wildman–Crippen MR) is 61.8 cm³/mol. The number of carbonyl (C=O) groups is 1. The Morgan fingerprint density at radius 2 is 2.18 bits per heavy atom. The van der Waals surface area contributed by atoms with Gasteiger partial charge in [-0.1, -0.05) is 0 Å². The van der Waals surface area contributed by atoms with Crippen LogP contribution < -0.4 is 5.73 Å². The number of carboxylic acids is 1. The average molecular weight is 305 g/mol. The number of phenolic OH excluding ortho intramolecular Hbond substituents is 1. The molecule has 7 nitrogen and oxygen atoms in total. The third-order valence-electron chi connectivity index (χ3n) is 2.28. The molecule has 0 saturated heterocycles. The zero-order chi connectivity index (χ0) is 13.3. The van der Waals surface area contributed by atoms with Crippen molar-refractivity contribution < 1.29 is 19.9 Å². The van der Waals surface area contributed by atoms with E-state index in [1.807, 2.05) is 0 Å². The minimum atomic E-state index is -1.52. The Bertz CT molecular complexity index is 503. The molecule has 1 rings (SSSR count). The SMILES string of the molecule is Cc1c([N+](=O)[O-])cc([C@H](N)C(=O)O)c(O)c1Br. The van der Waals surface area contributed by atoms with Crippen LogP contribution in [0.15, 0.2) is 10.5 Å². The highest BCUT2D eigenvalue weighted by Gasteiger charge is 2.26. The van der Waals surface area contributed by atoms with Crippen molar-refractivity contribution in [2.24, 2.45) is 5.73 Å². The van der Waals surface area contributed by atoms with Crippen LogP contribution >= 0.6 is 15.9 Å². The van der Waals surface area contributed by atoms with E-state index < -0.39 is 22.7 Å². The van der Waals surface area contributed by atoms with Crippen LogP contribution in [0.2, 0.25) is 0 Å². The van der Waals surface area contributed by atoms with Crippen LogP contribution in [0.1, 0.15) is 17.2 Å². The number of phenols is 1. The number of hydrogen-bond donors (Lipinski definition) is 3. The average Bonchev–Trinajstić information content (AvgIpc) is 2.24. The molecule has 0 aliphatic carbocycles. The zero-order valence-corrected chi connectivity index (χ0v) is 10.3. The van der Waals surface area contributed by atoms with Gasteiger partial charge >= 0.3 is 5.97 Å². The number of rotatable bonds is 3. The van der Waals surface area contributed by atoms with Gasteiger partial charge in [-0.2, -0.15) is 0 Å². The van der Waals surface area contributed by atoms with Crippen molar-refractivity contribution in [1.82, 2.24) is 0 Å². The van der Waals surface area contributed by atoms with E-state index in [9.17, 15) is 20.0 Å². The molecule has 8 heteroatoms. The van der Waals surface area contributed by atoms with Crippen LogP contribution in [0.3, 0.4) is 0 Å². The second-order valence-electron chi connectivity index (χ2n) is 3.35. The number of aliphatic carboxylic acids is 1. The third-order valence-corrected chi connectivity index (χ3v) is 3.26. The highest BCUT2D eigenvalue weighted by Crippen LogP contribution is 2.39. The lowest BCUT2D eigenvalue weighted by atomic mass is 10.0. The van der Waals surface area contributed by atoms with Gasteiger partial charge < -0.3 is 15.9 Å². The quantitative estimate of drug-likeness (QED) is 0.573. The molecule has 0 fully saturated rings. The van der Waals surface area contributed by atoms with Gasteiger partial charge in [0.2, 0.25) is 0 Å². The van der Waals surface area contributed by atoms with Crippen molar-refractivity contribution >= 4 is 27.6 Å². The Morgan fingerprint density at radius 3 is 2.59 bits per heavy atom. The molecule has 92 valence electrons. The van der Waals surface area contributed by atoms with E-state index >= 15 is 0 Å². The lowest BCUT2D eigenvalue weighted by molar-refractivity contribution is -0.385. The number of nitrogens with two attached hydrogens (primary N) is 1. The Kier molecular flexibility index (Phi) is 3.69. The van der Waals surface area contributed by atoms with Crippen LogP contribution in [0.5, 0.6) is 5.75 Å². The van der Waals surface area contributed by atoms with Gasteiger partial charge in [0, 0.05) is 17.2 Å². The maximum atomic E-state index is 10.7. The molecule has 0 amide bonds. The number of nitro groups is 1. The van der Waals surface area contributed by atoms with Gasteiger partial charge in [0.15, 0.2) is 0 Å². The highest BCUT2D eigenvalue weighted by molar-refractivity contribution is 9.10. The molecule has 0 spiro atoms. The molecule has 0 aliphatic heterocycles. The van der Waals surface area contributed by atoms with Gasteiger partial charge in [0.1, 0.15) is 11.8 Å². The molecule has 0 bridgehead atoms. The normalized spacial score (nSPS) is 12.2. The molecule has 0 heterocycles. The minimum absolute atomic E-state index is 0.0680. The molecule has 1 aromatic carbocycles. The Labute approximate surface area is 104 Å². The fourth-order valence-corrected chi connectivity index (χ4v) is 1.73. The minimum Gasteiger partial charge on any atom is -0.506 e. The predicted octanol–water partition coefficient (Wildman–Crippen LogP) is 1.46. The summed E-state index contributed by atoms with van der Waals surface area (Å²) in [5.41, 5.74) is 5.02. The standard InChI is InChI=1S/C9H9BrN2O5/c1-3-5(12(16)17)2-4(7(11)9(14)15)8(13)6(3)10/h2,7,13H,11H2,1H3,(H,14,15)/t7-/m0/s1. The molecule has 0 saturated carbocycles. The van der Waals surface area contributed by atoms with E-state index in [4.69, 9.17) is 10.8 Å². The van der Waals surface area contributed by atoms with Crippen LogP contribution in [0.4, 0.5) is 5.69 Å². The molecule has 0 aliphatic rings. The number of nitro benzene ring substituents is 1. The van der Waals surface area contributed by atoms with Crippen molar-refractivity contribution in [1.29, 1.82) is 0 Å². The molecule has 4 N–H and O–H groups in total. The summed E-state index contributed by atoms with van der Waals surface area (Å²) in [7, 11) is 0. The smallest absolute Gasteiger partial charge is 0.325 e. The Hall–Kier alpha value is -1.67.